The minimum absolute atomic E-state index is 0.194. The summed E-state index contributed by atoms with van der Waals surface area (Å²) in [5.41, 5.74) is 3.90. The Bertz CT molecular complexity index is 1200. The van der Waals surface area contributed by atoms with Crippen LogP contribution < -0.4 is 10.9 Å². The van der Waals surface area contributed by atoms with Gasteiger partial charge >= 0.3 is 0 Å². The zero-order valence-corrected chi connectivity index (χ0v) is 16.4. The number of thiazole rings is 1. The summed E-state index contributed by atoms with van der Waals surface area (Å²) in [6.07, 6.45) is 3.40. The van der Waals surface area contributed by atoms with E-state index in [9.17, 15) is 9.59 Å². The second-order valence-electron chi connectivity index (χ2n) is 6.41. The van der Waals surface area contributed by atoms with Crippen LogP contribution in [0.25, 0.3) is 22.5 Å². The van der Waals surface area contributed by atoms with Crippen molar-refractivity contribution in [3.63, 3.8) is 0 Å². The second kappa shape index (κ2) is 8.15. The Kier molecular flexibility index (Phi) is 5.26. The van der Waals surface area contributed by atoms with Crippen LogP contribution in [0, 0.1) is 6.92 Å². The molecule has 4 rings (SSSR count). The maximum absolute atomic E-state index is 12.4. The lowest BCUT2D eigenvalue weighted by molar-refractivity contribution is -0.117. The van der Waals surface area contributed by atoms with Crippen molar-refractivity contribution in [3.05, 3.63) is 82.2 Å². The van der Waals surface area contributed by atoms with Crippen LogP contribution in [0.15, 0.2) is 71.1 Å². The Morgan fingerprint density at radius 2 is 1.90 bits per heavy atom. The van der Waals surface area contributed by atoms with Crippen LogP contribution in [-0.4, -0.2) is 25.7 Å². The number of anilines is 1. The summed E-state index contributed by atoms with van der Waals surface area (Å²) in [5, 5.41) is 9.34. The highest BCUT2D eigenvalue weighted by atomic mass is 32.1. The Hall–Kier alpha value is -3.65. The number of carbonyl (C=O) groups excluding carboxylic acids is 1. The molecule has 0 spiro atoms. The number of aromatic nitrogens is 4. The largest absolute Gasteiger partial charge is 0.300 e. The SMILES string of the molecule is Cc1ccc(-c2ccc(=O)n(CC(=O)Nc3nc(-c4cccnc4)cs3)n2)cc1. The summed E-state index contributed by atoms with van der Waals surface area (Å²) < 4.78 is 1.15. The number of amides is 1. The van der Waals surface area contributed by atoms with E-state index >= 15 is 0 Å². The molecule has 29 heavy (non-hydrogen) atoms. The van der Waals surface area contributed by atoms with Gasteiger partial charge in [0.25, 0.3) is 5.56 Å². The number of aryl methyl sites for hydroxylation is 1. The van der Waals surface area contributed by atoms with Gasteiger partial charge in [0.1, 0.15) is 6.54 Å². The van der Waals surface area contributed by atoms with Crippen molar-refractivity contribution < 1.29 is 4.79 Å². The monoisotopic (exact) mass is 403 g/mol. The number of rotatable bonds is 5. The predicted molar refractivity (Wildman–Crippen MR) is 113 cm³/mol. The summed E-state index contributed by atoms with van der Waals surface area (Å²) in [6.45, 7) is 1.81. The van der Waals surface area contributed by atoms with Crippen LogP contribution in [0.1, 0.15) is 5.56 Å². The van der Waals surface area contributed by atoms with Crippen LogP contribution in [0.2, 0.25) is 0 Å². The Morgan fingerprint density at radius 1 is 1.07 bits per heavy atom. The molecule has 3 heterocycles. The molecule has 144 valence electrons. The molecule has 1 amide bonds. The number of hydrogen-bond donors (Lipinski definition) is 1. The molecule has 0 saturated carbocycles. The fourth-order valence-corrected chi connectivity index (χ4v) is 3.45. The molecular formula is C21H17N5O2S. The molecular weight excluding hydrogens is 386 g/mol. The zero-order valence-electron chi connectivity index (χ0n) is 15.6. The minimum Gasteiger partial charge on any atom is -0.300 e. The van der Waals surface area contributed by atoms with E-state index in [0.717, 1.165) is 27.1 Å². The van der Waals surface area contributed by atoms with Gasteiger partial charge in [-0.05, 0) is 25.1 Å². The van der Waals surface area contributed by atoms with Crippen molar-refractivity contribution in [1.29, 1.82) is 0 Å². The van der Waals surface area contributed by atoms with E-state index in [0.29, 0.717) is 10.8 Å². The zero-order chi connectivity index (χ0) is 20.2. The Morgan fingerprint density at radius 3 is 2.66 bits per heavy atom. The average molecular weight is 403 g/mol. The molecule has 1 N–H and O–H groups in total. The van der Waals surface area contributed by atoms with Gasteiger partial charge in [0.2, 0.25) is 5.91 Å². The third kappa shape index (κ3) is 4.44. The maximum atomic E-state index is 12.4. The third-order valence-corrected chi connectivity index (χ3v) is 4.97. The molecule has 3 aromatic heterocycles. The van der Waals surface area contributed by atoms with Gasteiger partial charge in [-0.3, -0.25) is 14.6 Å². The first-order valence-electron chi connectivity index (χ1n) is 8.89. The fourth-order valence-electron chi connectivity index (χ4n) is 2.71. The minimum atomic E-state index is -0.368. The molecule has 8 heteroatoms. The van der Waals surface area contributed by atoms with Crippen molar-refractivity contribution in [3.8, 4) is 22.5 Å². The van der Waals surface area contributed by atoms with Crippen molar-refractivity contribution in [2.24, 2.45) is 0 Å². The molecule has 0 aliphatic rings. The molecule has 1 aromatic carbocycles. The van der Waals surface area contributed by atoms with E-state index in [1.165, 1.54) is 17.4 Å². The molecule has 4 aromatic rings. The highest BCUT2D eigenvalue weighted by Gasteiger charge is 2.11. The number of pyridine rings is 1. The summed E-state index contributed by atoms with van der Waals surface area (Å²) >= 11 is 1.31. The van der Waals surface area contributed by atoms with Crippen LogP contribution in [0.5, 0.6) is 0 Å². The van der Waals surface area contributed by atoms with E-state index < -0.39 is 0 Å². The number of carbonyl (C=O) groups is 1. The van der Waals surface area contributed by atoms with E-state index in [2.05, 4.69) is 20.4 Å². The van der Waals surface area contributed by atoms with Gasteiger partial charge in [-0.2, -0.15) is 5.10 Å². The van der Waals surface area contributed by atoms with Gasteiger partial charge in [-0.15, -0.1) is 11.3 Å². The molecule has 0 radical (unpaired) electrons. The second-order valence-corrected chi connectivity index (χ2v) is 7.27. The van der Waals surface area contributed by atoms with E-state index in [1.807, 2.05) is 48.7 Å². The lowest BCUT2D eigenvalue weighted by Gasteiger charge is -2.07. The molecule has 0 atom stereocenters. The van der Waals surface area contributed by atoms with Gasteiger partial charge < -0.3 is 5.32 Å². The van der Waals surface area contributed by atoms with Crippen LogP contribution in [0.4, 0.5) is 5.13 Å². The normalized spacial score (nSPS) is 10.7. The van der Waals surface area contributed by atoms with Crippen molar-refractivity contribution >= 4 is 22.4 Å². The predicted octanol–water partition coefficient (Wildman–Crippen LogP) is 3.38. The maximum Gasteiger partial charge on any atom is 0.267 e. The van der Waals surface area contributed by atoms with Gasteiger partial charge in [0.05, 0.1) is 11.4 Å². The highest BCUT2D eigenvalue weighted by molar-refractivity contribution is 7.14. The van der Waals surface area contributed by atoms with Crippen LogP contribution in [0.3, 0.4) is 0 Å². The molecule has 0 fully saturated rings. The first kappa shape index (κ1) is 18.7. The Balaban J connectivity index is 1.49. The molecule has 0 aliphatic heterocycles. The quantitative estimate of drug-likeness (QED) is 0.552. The molecule has 7 nitrogen and oxygen atoms in total. The van der Waals surface area contributed by atoms with Gasteiger partial charge in [-0.25, -0.2) is 9.67 Å². The van der Waals surface area contributed by atoms with Crippen molar-refractivity contribution in [1.82, 2.24) is 19.7 Å². The molecule has 0 unspecified atom stereocenters. The van der Waals surface area contributed by atoms with E-state index in [-0.39, 0.29) is 18.0 Å². The fraction of sp³-hybridized carbons (Fsp3) is 0.0952. The summed E-state index contributed by atoms with van der Waals surface area (Å²) in [5.74, 6) is -0.368. The molecule has 0 aliphatic carbocycles. The van der Waals surface area contributed by atoms with E-state index in [4.69, 9.17) is 0 Å². The topological polar surface area (TPSA) is 89.8 Å². The van der Waals surface area contributed by atoms with Crippen molar-refractivity contribution in [2.45, 2.75) is 13.5 Å². The van der Waals surface area contributed by atoms with Crippen LogP contribution >= 0.6 is 11.3 Å². The van der Waals surface area contributed by atoms with E-state index in [1.54, 1.807) is 18.5 Å². The number of nitrogens with one attached hydrogen (secondary N) is 1. The highest BCUT2D eigenvalue weighted by Crippen LogP contribution is 2.24. The number of benzene rings is 1. The van der Waals surface area contributed by atoms with Gasteiger partial charge in [0, 0.05) is 35.0 Å². The molecule has 0 saturated heterocycles. The first-order valence-corrected chi connectivity index (χ1v) is 9.77. The van der Waals surface area contributed by atoms with Crippen molar-refractivity contribution in [2.75, 3.05) is 5.32 Å². The lowest BCUT2D eigenvalue weighted by Crippen LogP contribution is -2.29. The lowest BCUT2D eigenvalue weighted by atomic mass is 10.1. The Labute approximate surface area is 170 Å². The van der Waals surface area contributed by atoms with Gasteiger partial charge in [0.15, 0.2) is 5.13 Å². The van der Waals surface area contributed by atoms with Crippen LogP contribution in [-0.2, 0) is 11.3 Å². The van der Waals surface area contributed by atoms with Gasteiger partial charge in [-0.1, -0.05) is 29.8 Å². The smallest absolute Gasteiger partial charge is 0.267 e. The third-order valence-electron chi connectivity index (χ3n) is 4.22. The first-order chi connectivity index (χ1) is 14.1. The number of hydrogen-bond acceptors (Lipinski definition) is 6. The summed E-state index contributed by atoms with van der Waals surface area (Å²) in [7, 11) is 0. The number of nitrogens with zero attached hydrogens (tertiary/aromatic N) is 4. The molecule has 0 bridgehead atoms. The summed E-state index contributed by atoms with van der Waals surface area (Å²) in [4.78, 5) is 33.0. The average Bonchev–Trinajstić information content (AvgIpc) is 3.19. The summed E-state index contributed by atoms with van der Waals surface area (Å²) in [6, 6.07) is 14.6. The standard InChI is InChI=1S/C21H17N5O2S/c1-14-4-6-15(7-5-14)17-8-9-20(28)26(25-17)12-19(27)24-21-23-18(13-29-21)16-3-2-10-22-11-16/h2-11,13H,12H2,1H3,(H,23,24,27).